The normalized spacial score (nSPS) is 18.6. The van der Waals surface area contributed by atoms with Crippen LogP contribution < -0.4 is 5.32 Å². The minimum Gasteiger partial charge on any atom is -0.343 e. The van der Waals surface area contributed by atoms with Crippen molar-refractivity contribution in [2.45, 2.75) is 37.6 Å². The van der Waals surface area contributed by atoms with E-state index >= 15 is 0 Å². The second-order valence-electron chi connectivity index (χ2n) is 7.90. The number of hydrogen-bond acceptors (Lipinski definition) is 5. The van der Waals surface area contributed by atoms with Gasteiger partial charge in [0.15, 0.2) is 5.84 Å². The van der Waals surface area contributed by atoms with Crippen molar-refractivity contribution in [2.24, 2.45) is 4.40 Å². The number of benzene rings is 2. The van der Waals surface area contributed by atoms with Crippen LogP contribution in [0.25, 0.3) is 0 Å². The lowest BCUT2D eigenvalue weighted by molar-refractivity contribution is -0.119. The first-order valence-corrected chi connectivity index (χ1v) is 12.7. The van der Waals surface area contributed by atoms with Gasteiger partial charge in [-0.1, -0.05) is 23.7 Å². The number of sulfonamides is 1. The molecule has 1 atom stereocenters. The lowest BCUT2D eigenvalue weighted by Crippen LogP contribution is -2.43. The molecule has 4 rings (SSSR count). The van der Waals surface area contributed by atoms with E-state index in [0.29, 0.717) is 48.7 Å². The molecule has 2 aromatic carbocycles. The molecular weight excluding hydrogens is 464 g/mol. The van der Waals surface area contributed by atoms with Crippen LogP contribution >= 0.6 is 11.6 Å². The average molecular weight is 489 g/mol. The van der Waals surface area contributed by atoms with Crippen molar-refractivity contribution >= 4 is 45.0 Å². The Bertz CT molecular complexity index is 1240. The Balaban J connectivity index is 1.54. The number of nitrogens with zero attached hydrogens (tertiary/aromatic N) is 3. The Kier molecular flexibility index (Phi) is 6.45. The lowest BCUT2D eigenvalue weighted by atomic mass is 10.1. The number of anilines is 1. The third-order valence-electron chi connectivity index (χ3n) is 5.96. The van der Waals surface area contributed by atoms with Gasteiger partial charge in [0.1, 0.15) is 10.9 Å². The number of nitrogens with one attached hydrogen (secondary N) is 1. The SMILES string of the molecule is CCN(CC)C(=O)c1ccc(NC(=O)[C@@H]2CCCN2C2=NS(=O)(=O)c3ccccc32)cc1Cl. The highest BCUT2D eigenvalue weighted by Gasteiger charge is 2.39. The molecule has 2 heterocycles. The third-order valence-corrected chi connectivity index (χ3v) is 7.60. The summed E-state index contributed by atoms with van der Waals surface area (Å²) in [7, 11) is -3.77. The molecule has 174 valence electrons. The van der Waals surface area contributed by atoms with E-state index in [1.165, 1.54) is 6.07 Å². The number of likely N-dealkylation sites (tertiary alicyclic amines) is 1. The molecule has 1 fully saturated rings. The van der Waals surface area contributed by atoms with E-state index in [4.69, 9.17) is 11.6 Å². The van der Waals surface area contributed by atoms with Crippen LogP contribution in [0.1, 0.15) is 42.6 Å². The van der Waals surface area contributed by atoms with Crippen LogP contribution in [0.3, 0.4) is 0 Å². The van der Waals surface area contributed by atoms with E-state index < -0.39 is 16.1 Å². The number of amides is 2. The van der Waals surface area contributed by atoms with Crippen molar-refractivity contribution in [2.75, 3.05) is 25.0 Å². The molecule has 1 N–H and O–H groups in total. The van der Waals surface area contributed by atoms with Crippen molar-refractivity contribution in [3.05, 3.63) is 58.6 Å². The van der Waals surface area contributed by atoms with Gasteiger partial charge in [-0.25, -0.2) is 0 Å². The number of fused-ring (bicyclic) bond motifs is 1. The minimum absolute atomic E-state index is 0.159. The fraction of sp³-hybridized carbons (Fsp3) is 0.348. The summed E-state index contributed by atoms with van der Waals surface area (Å²) >= 11 is 6.35. The van der Waals surface area contributed by atoms with Gasteiger partial charge in [0, 0.05) is 30.9 Å². The largest absolute Gasteiger partial charge is 0.343 e. The molecule has 8 nitrogen and oxygen atoms in total. The molecule has 1 saturated heterocycles. The summed E-state index contributed by atoms with van der Waals surface area (Å²) in [5.41, 5.74) is 1.36. The highest BCUT2D eigenvalue weighted by Crippen LogP contribution is 2.31. The first-order chi connectivity index (χ1) is 15.8. The van der Waals surface area contributed by atoms with Gasteiger partial charge in [-0.2, -0.15) is 8.42 Å². The Labute approximate surface area is 198 Å². The van der Waals surface area contributed by atoms with Crippen LogP contribution in [0.2, 0.25) is 5.02 Å². The van der Waals surface area contributed by atoms with E-state index in [0.717, 1.165) is 6.42 Å². The summed E-state index contributed by atoms with van der Waals surface area (Å²) in [5, 5.41) is 3.11. The van der Waals surface area contributed by atoms with Crippen LogP contribution in [0.4, 0.5) is 5.69 Å². The standard InChI is InChI=1S/C23H25ClN4O4S/c1-3-27(4-2)23(30)16-12-11-15(14-18(16)24)25-22(29)19-9-7-13-28(19)21-17-8-5-6-10-20(17)33(31,32)26-21/h5-6,8,10-12,14,19H,3-4,7,9,13H2,1-2H3,(H,25,29)/t19-/m0/s1. The first kappa shape index (κ1) is 23.3. The van der Waals surface area contributed by atoms with Crippen LogP contribution in [-0.2, 0) is 14.8 Å². The Morgan fingerprint density at radius 1 is 1.18 bits per heavy atom. The van der Waals surface area contributed by atoms with Crippen molar-refractivity contribution in [1.82, 2.24) is 9.80 Å². The number of carbonyl (C=O) groups is 2. The Morgan fingerprint density at radius 2 is 1.91 bits per heavy atom. The zero-order valence-corrected chi connectivity index (χ0v) is 20.0. The van der Waals surface area contributed by atoms with Gasteiger partial charge in [0.2, 0.25) is 5.91 Å². The second-order valence-corrected chi connectivity index (χ2v) is 9.88. The molecule has 2 aliphatic rings. The summed E-state index contributed by atoms with van der Waals surface area (Å²) in [6.07, 6.45) is 1.30. The lowest BCUT2D eigenvalue weighted by Gasteiger charge is -2.25. The average Bonchev–Trinajstić information content (AvgIpc) is 3.37. The summed E-state index contributed by atoms with van der Waals surface area (Å²) < 4.78 is 28.8. The number of amidine groups is 1. The summed E-state index contributed by atoms with van der Waals surface area (Å²) in [6.45, 7) is 5.47. The van der Waals surface area contributed by atoms with Gasteiger partial charge in [0.05, 0.1) is 10.6 Å². The predicted molar refractivity (Wildman–Crippen MR) is 127 cm³/mol. The predicted octanol–water partition coefficient (Wildman–Crippen LogP) is 3.37. The smallest absolute Gasteiger partial charge is 0.285 e. The van der Waals surface area contributed by atoms with Crippen LogP contribution in [-0.4, -0.2) is 61.5 Å². The quantitative estimate of drug-likeness (QED) is 0.695. The maximum Gasteiger partial charge on any atom is 0.285 e. The Hall–Kier alpha value is -2.91. The molecule has 0 bridgehead atoms. The van der Waals surface area contributed by atoms with Gasteiger partial charge < -0.3 is 15.1 Å². The molecule has 10 heteroatoms. The van der Waals surface area contributed by atoms with Crippen molar-refractivity contribution in [3.63, 3.8) is 0 Å². The Morgan fingerprint density at radius 3 is 2.61 bits per heavy atom. The monoisotopic (exact) mass is 488 g/mol. The molecule has 0 unspecified atom stereocenters. The second kappa shape index (κ2) is 9.15. The molecule has 2 aliphatic heterocycles. The van der Waals surface area contributed by atoms with Gasteiger partial charge in [-0.3, -0.25) is 9.59 Å². The van der Waals surface area contributed by atoms with Crippen molar-refractivity contribution in [1.29, 1.82) is 0 Å². The number of carbonyl (C=O) groups excluding carboxylic acids is 2. The van der Waals surface area contributed by atoms with E-state index in [1.54, 1.807) is 46.2 Å². The van der Waals surface area contributed by atoms with E-state index in [9.17, 15) is 18.0 Å². The van der Waals surface area contributed by atoms with Crippen LogP contribution in [0, 0.1) is 0 Å². The maximum atomic E-state index is 13.1. The van der Waals surface area contributed by atoms with Gasteiger partial charge >= 0.3 is 0 Å². The van der Waals surface area contributed by atoms with E-state index in [1.807, 2.05) is 13.8 Å². The van der Waals surface area contributed by atoms with Gasteiger partial charge in [0.25, 0.3) is 15.9 Å². The molecule has 2 aromatic rings. The summed E-state index contributed by atoms with van der Waals surface area (Å²) in [4.78, 5) is 29.3. The fourth-order valence-corrected chi connectivity index (χ4v) is 5.74. The summed E-state index contributed by atoms with van der Waals surface area (Å²) in [6, 6.07) is 10.9. The van der Waals surface area contributed by atoms with E-state index in [-0.39, 0.29) is 21.7 Å². The first-order valence-electron chi connectivity index (χ1n) is 10.9. The van der Waals surface area contributed by atoms with Gasteiger partial charge in [-0.15, -0.1) is 4.40 Å². The topological polar surface area (TPSA) is 99.2 Å². The molecule has 0 saturated carbocycles. The maximum absolute atomic E-state index is 13.1. The van der Waals surface area contributed by atoms with Crippen LogP contribution in [0.5, 0.6) is 0 Å². The van der Waals surface area contributed by atoms with Crippen molar-refractivity contribution < 1.29 is 18.0 Å². The number of halogens is 1. The molecule has 33 heavy (non-hydrogen) atoms. The molecular formula is C23H25ClN4O4S. The number of hydrogen-bond donors (Lipinski definition) is 1. The molecule has 0 radical (unpaired) electrons. The van der Waals surface area contributed by atoms with Crippen molar-refractivity contribution in [3.8, 4) is 0 Å². The van der Waals surface area contributed by atoms with Gasteiger partial charge in [-0.05, 0) is 57.0 Å². The highest BCUT2D eigenvalue weighted by atomic mass is 35.5. The highest BCUT2D eigenvalue weighted by molar-refractivity contribution is 7.90. The fourth-order valence-electron chi connectivity index (χ4n) is 4.26. The minimum atomic E-state index is -3.77. The molecule has 2 amide bonds. The zero-order chi connectivity index (χ0) is 23.8. The van der Waals surface area contributed by atoms with Crippen LogP contribution in [0.15, 0.2) is 51.8 Å². The molecule has 0 aromatic heterocycles. The molecule has 0 aliphatic carbocycles. The third kappa shape index (κ3) is 4.35. The summed E-state index contributed by atoms with van der Waals surface area (Å²) in [5.74, 6) is -0.138. The zero-order valence-electron chi connectivity index (χ0n) is 18.4. The number of rotatable bonds is 5. The molecule has 0 spiro atoms. The van der Waals surface area contributed by atoms with E-state index in [2.05, 4.69) is 9.71 Å².